The van der Waals surface area contributed by atoms with Crippen LogP contribution in [-0.4, -0.2) is 29.0 Å². The van der Waals surface area contributed by atoms with Crippen LogP contribution >= 0.6 is 11.6 Å². The van der Waals surface area contributed by atoms with Crippen LogP contribution in [0.3, 0.4) is 0 Å². The molecule has 0 N–H and O–H groups in total. The fraction of sp³-hybridized carbons (Fsp3) is 0.267. The monoisotopic (exact) mass is 272 g/mol. The molecule has 96 valence electrons. The van der Waals surface area contributed by atoms with E-state index in [1.54, 1.807) is 0 Å². The van der Waals surface area contributed by atoms with Crippen LogP contribution in [0.5, 0.6) is 0 Å². The van der Waals surface area contributed by atoms with E-state index in [9.17, 15) is 4.79 Å². The van der Waals surface area contributed by atoms with Gasteiger partial charge in [0.15, 0.2) is 0 Å². The average molecular weight is 273 g/mol. The zero-order valence-electron chi connectivity index (χ0n) is 10.6. The quantitative estimate of drug-likeness (QED) is 0.735. The molecule has 19 heavy (non-hydrogen) atoms. The Balaban J connectivity index is 2.04. The number of halogens is 1. The predicted octanol–water partition coefficient (Wildman–Crippen LogP) is 3.39. The van der Waals surface area contributed by atoms with Gasteiger partial charge in [0.1, 0.15) is 0 Å². The molecule has 0 bridgehead atoms. The highest BCUT2D eigenvalue weighted by atomic mass is 35.5. The highest BCUT2D eigenvalue weighted by Gasteiger charge is 2.34. The van der Waals surface area contributed by atoms with Gasteiger partial charge < -0.3 is 4.90 Å². The SMILES string of the molecule is CN1CCCC2=C1c1cc3cc(Cl)ccc3n1C2=O. The molecule has 0 amide bonds. The molecule has 0 fully saturated rings. The first-order valence-corrected chi connectivity index (χ1v) is 6.85. The van der Waals surface area contributed by atoms with Gasteiger partial charge in [-0.25, -0.2) is 0 Å². The normalized spacial score (nSPS) is 18.2. The van der Waals surface area contributed by atoms with Crippen molar-refractivity contribution in [2.75, 3.05) is 13.6 Å². The maximum atomic E-state index is 12.6. The van der Waals surface area contributed by atoms with Crippen molar-refractivity contribution in [3.05, 3.63) is 40.6 Å². The third-order valence-corrected chi connectivity index (χ3v) is 4.29. The molecule has 2 aromatic rings. The van der Waals surface area contributed by atoms with Crippen molar-refractivity contribution in [3.63, 3.8) is 0 Å². The van der Waals surface area contributed by atoms with Crippen molar-refractivity contribution in [2.45, 2.75) is 12.8 Å². The van der Waals surface area contributed by atoms with E-state index < -0.39 is 0 Å². The van der Waals surface area contributed by atoms with Crippen LogP contribution in [0.2, 0.25) is 5.02 Å². The van der Waals surface area contributed by atoms with E-state index in [2.05, 4.69) is 18.0 Å². The molecule has 3 nitrogen and oxygen atoms in total. The Bertz CT molecular complexity index is 757. The average Bonchev–Trinajstić information content (AvgIpc) is 2.87. The van der Waals surface area contributed by atoms with E-state index >= 15 is 0 Å². The molecule has 1 aromatic carbocycles. The summed E-state index contributed by atoms with van der Waals surface area (Å²) in [6, 6.07) is 7.75. The Morgan fingerprint density at radius 2 is 2.11 bits per heavy atom. The fourth-order valence-corrected chi connectivity index (χ4v) is 3.41. The predicted molar refractivity (Wildman–Crippen MR) is 76.4 cm³/mol. The van der Waals surface area contributed by atoms with E-state index in [0.29, 0.717) is 5.02 Å². The summed E-state index contributed by atoms with van der Waals surface area (Å²) < 4.78 is 1.83. The van der Waals surface area contributed by atoms with Gasteiger partial charge in [-0.2, -0.15) is 0 Å². The summed E-state index contributed by atoms with van der Waals surface area (Å²) in [6.45, 7) is 1.01. The van der Waals surface area contributed by atoms with Crippen molar-refractivity contribution in [2.24, 2.45) is 0 Å². The summed E-state index contributed by atoms with van der Waals surface area (Å²) in [7, 11) is 2.06. The van der Waals surface area contributed by atoms with E-state index in [0.717, 1.165) is 47.3 Å². The molecule has 2 aliphatic heterocycles. The van der Waals surface area contributed by atoms with Crippen LogP contribution in [0.25, 0.3) is 16.6 Å². The third kappa shape index (κ3) is 1.36. The van der Waals surface area contributed by atoms with Gasteiger partial charge in [-0.1, -0.05) is 11.6 Å². The highest BCUT2D eigenvalue weighted by molar-refractivity contribution is 6.31. The number of nitrogens with zero attached hydrogens (tertiary/aromatic N) is 2. The first-order chi connectivity index (χ1) is 9.16. The van der Waals surface area contributed by atoms with Gasteiger partial charge in [-0.05, 0) is 37.1 Å². The van der Waals surface area contributed by atoms with Crippen LogP contribution in [0.15, 0.2) is 29.8 Å². The first kappa shape index (κ1) is 11.1. The molecule has 0 aliphatic carbocycles. The summed E-state index contributed by atoms with van der Waals surface area (Å²) in [4.78, 5) is 14.8. The van der Waals surface area contributed by atoms with Crippen LogP contribution in [0.1, 0.15) is 23.3 Å². The summed E-state index contributed by atoms with van der Waals surface area (Å²) in [5.41, 5.74) is 4.02. The van der Waals surface area contributed by atoms with Gasteiger partial charge in [0.05, 0.1) is 16.9 Å². The maximum Gasteiger partial charge on any atom is 0.261 e. The zero-order valence-corrected chi connectivity index (χ0v) is 11.4. The smallest absolute Gasteiger partial charge is 0.261 e. The second-order valence-electron chi connectivity index (χ2n) is 5.23. The van der Waals surface area contributed by atoms with E-state index in [1.165, 1.54) is 0 Å². The van der Waals surface area contributed by atoms with Gasteiger partial charge in [0.2, 0.25) is 0 Å². The maximum absolute atomic E-state index is 12.6. The lowest BCUT2D eigenvalue weighted by Crippen LogP contribution is -2.22. The Kier molecular flexibility index (Phi) is 2.13. The minimum atomic E-state index is 0.133. The zero-order chi connectivity index (χ0) is 13.1. The number of benzene rings is 1. The number of hydrogen-bond donors (Lipinski definition) is 0. The highest BCUT2D eigenvalue weighted by Crippen LogP contribution is 2.39. The Morgan fingerprint density at radius 1 is 1.26 bits per heavy atom. The minimum Gasteiger partial charge on any atom is -0.373 e. The summed E-state index contributed by atoms with van der Waals surface area (Å²) in [5.74, 6) is 0.133. The van der Waals surface area contributed by atoms with Crippen LogP contribution in [0.4, 0.5) is 0 Å². The molecule has 0 spiro atoms. The molecule has 0 atom stereocenters. The molecule has 4 heteroatoms. The number of aromatic nitrogens is 1. The van der Waals surface area contributed by atoms with Gasteiger partial charge in [0, 0.05) is 29.6 Å². The molecule has 3 heterocycles. The fourth-order valence-electron chi connectivity index (χ4n) is 3.23. The van der Waals surface area contributed by atoms with Gasteiger partial charge in [0.25, 0.3) is 5.91 Å². The molecular weight excluding hydrogens is 260 g/mol. The Morgan fingerprint density at radius 3 is 2.95 bits per heavy atom. The van der Waals surface area contributed by atoms with Gasteiger partial charge >= 0.3 is 0 Å². The lowest BCUT2D eigenvalue weighted by atomic mass is 10.0. The molecular formula is C15H13ClN2O. The van der Waals surface area contributed by atoms with Crippen molar-refractivity contribution < 1.29 is 4.79 Å². The second kappa shape index (κ2) is 3.64. The first-order valence-electron chi connectivity index (χ1n) is 6.47. The second-order valence-corrected chi connectivity index (χ2v) is 5.66. The van der Waals surface area contributed by atoms with Crippen molar-refractivity contribution >= 4 is 34.1 Å². The summed E-state index contributed by atoms with van der Waals surface area (Å²) >= 11 is 6.03. The van der Waals surface area contributed by atoms with Gasteiger partial charge in [-0.15, -0.1) is 0 Å². The lowest BCUT2D eigenvalue weighted by molar-refractivity contribution is 0.0961. The molecule has 0 saturated carbocycles. The Labute approximate surface area is 116 Å². The van der Waals surface area contributed by atoms with E-state index in [4.69, 9.17) is 11.6 Å². The van der Waals surface area contributed by atoms with E-state index in [1.807, 2.05) is 22.8 Å². The van der Waals surface area contributed by atoms with Crippen molar-refractivity contribution in [3.8, 4) is 0 Å². The third-order valence-electron chi connectivity index (χ3n) is 4.06. The standard InChI is InChI=1S/C15H13ClN2O/c1-17-6-2-3-11-14(17)13-8-9-7-10(16)4-5-12(9)18(13)15(11)19/h4-5,7-8H,2-3,6H2,1H3. The van der Waals surface area contributed by atoms with Crippen molar-refractivity contribution in [1.29, 1.82) is 0 Å². The van der Waals surface area contributed by atoms with Crippen LogP contribution in [0, 0.1) is 0 Å². The number of carbonyl (C=O) groups excluding carboxylic acids is 1. The van der Waals surface area contributed by atoms with Crippen LogP contribution in [-0.2, 0) is 0 Å². The number of hydrogen-bond acceptors (Lipinski definition) is 2. The van der Waals surface area contributed by atoms with E-state index in [-0.39, 0.29) is 5.91 Å². The molecule has 1 aromatic heterocycles. The molecule has 4 rings (SSSR count). The molecule has 2 aliphatic rings. The number of fused-ring (bicyclic) bond motifs is 4. The lowest BCUT2D eigenvalue weighted by Gasteiger charge is -2.25. The molecule has 0 unspecified atom stereocenters. The largest absolute Gasteiger partial charge is 0.373 e. The number of allylic oxidation sites excluding steroid dienone is 1. The summed E-state index contributed by atoms with van der Waals surface area (Å²) in [5, 5.41) is 1.73. The number of carbonyl (C=O) groups is 1. The molecule has 0 radical (unpaired) electrons. The van der Waals surface area contributed by atoms with Crippen LogP contribution < -0.4 is 0 Å². The number of rotatable bonds is 0. The summed E-state index contributed by atoms with van der Waals surface area (Å²) in [6.07, 6.45) is 1.94. The minimum absolute atomic E-state index is 0.133. The van der Waals surface area contributed by atoms with Crippen molar-refractivity contribution in [1.82, 2.24) is 9.47 Å². The Hall–Kier alpha value is -1.74. The topological polar surface area (TPSA) is 25.2 Å². The van der Waals surface area contributed by atoms with Gasteiger partial charge in [-0.3, -0.25) is 9.36 Å². The molecule has 0 saturated heterocycles.